The number of nitrogens with zero attached hydrogens (tertiary/aromatic N) is 3. The summed E-state index contributed by atoms with van der Waals surface area (Å²) in [5, 5.41) is 2.07. The first-order valence-corrected chi connectivity index (χ1v) is 9.43. The minimum absolute atomic E-state index is 0.0861. The van der Waals surface area contributed by atoms with Gasteiger partial charge < -0.3 is 14.6 Å². The molecule has 0 aliphatic carbocycles. The van der Waals surface area contributed by atoms with Crippen LogP contribution in [0, 0.1) is 13.8 Å². The number of aromatic nitrogens is 3. The molecular formula is C19H20N4O2S. The van der Waals surface area contributed by atoms with Gasteiger partial charge in [-0.15, -0.1) is 11.3 Å². The number of H-pyrrole nitrogens is 1. The van der Waals surface area contributed by atoms with Crippen LogP contribution in [0.1, 0.15) is 22.2 Å². The number of anilines is 1. The molecule has 0 saturated carbocycles. The van der Waals surface area contributed by atoms with E-state index in [4.69, 9.17) is 4.74 Å². The third-order valence-corrected chi connectivity index (χ3v) is 5.63. The molecule has 26 heavy (non-hydrogen) atoms. The summed E-state index contributed by atoms with van der Waals surface area (Å²) in [6.07, 6.45) is 1.85. The van der Waals surface area contributed by atoms with E-state index in [0.29, 0.717) is 18.0 Å². The molecule has 1 unspecified atom stereocenters. The van der Waals surface area contributed by atoms with Crippen LogP contribution in [0.5, 0.6) is 0 Å². The maximum Gasteiger partial charge on any atom is 0.254 e. The number of thiophene rings is 1. The Morgan fingerprint density at radius 2 is 2.19 bits per heavy atom. The van der Waals surface area contributed by atoms with E-state index in [1.165, 1.54) is 4.88 Å². The highest BCUT2D eigenvalue weighted by Gasteiger charge is 2.23. The van der Waals surface area contributed by atoms with Gasteiger partial charge in [-0.3, -0.25) is 4.79 Å². The number of nitrogens with one attached hydrogen (secondary N) is 1. The van der Waals surface area contributed by atoms with Crippen molar-refractivity contribution in [3.63, 3.8) is 0 Å². The zero-order valence-electron chi connectivity index (χ0n) is 14.7. The molecule has 0 aromatic carbocycles. The fourth-order valence-corrected chi connectivity index (χ4v) is 3.76. The first kappa shape index (κ1) is 16.9. The van der Waals surface area contributed by atoms with Gasteiger partial charge in [0.1, 0.15) is 17.7 Å². The van der Waals surface area contributed by atoms with Crippen LogP contribution >= 0.6 is 11.3 Å². The van der Waals surface area contributed by atoms with Crippen LogP contribution in [-0.4, -0.2) is 34.6 Å². The Bertz CT molecular complexity index is 951. The van der Waals surface area contributed by atoms with Crippen molar-refractivity contribution in [1.82, 2.24) is 15.0 Å². The number of ether oxygens (including phenoxy) is 1. The number of rotatable bonds is 3. The Morgan fingerprint density at radius 3 is 2.88 bits per heavy atom. The van der Waals surface area contributed by atoms with Crippen molar-refractivity contribution in [2.45, 2.75) is 20.0 Å². The van der Waals surface area contributed by atoms with Crippen LogP contribution in [0.4, 0.5) is 5.82 Å². The molecule has 7 heteroatoms. The summed E-state index contributed by atoms with van der Waals surface area (Å²) in [7, 11) is 0. The van der Waals surface area contributed by atoms with Gasteiger partial charge in [0.25, 0.3) is 5.56 Å². The third kappa shape index (κ3) is 3.27. The smallest absolute Gasteiger partial charge is 0.254 e. The van der Waals surface area contributed by atoms with Crippen molar-refractivity contribution >= 4 is 17.2 Å². The zero-order valence-corrected chi connectivity index (χ0v) is 15.5. The Kier molecular flexibility index (Phi) is 4.57. The molecular weight excluding hydrogens is 348 g/mol. The molecule has 3 aromatic rings. The molecule has 1 N–H and O–H groups in total. The lowest BCUT2D eigenvalue weighted by Gasteiger charge is -2.33. The van der Waals surface area contributed by atoms with E-state index in [-0.39, 0.29) is 11.7 Å². The maximum absolute atomic E-state index is 12.0. The molecule has 0 bridgehead atoms. The molecule has 1 aliphatic heterocycles. The molecule has 0 radical (unpaired) electrons. The average Bonchev–Trinajstić information content (AvgIpc) is 3.21. The van der Waals surface area contributed by atoms with E-state index in [9.17, 15) is 4.79 Å². The zero-order chi connectivity index (χ0) is 18.1. The summed E-state index contributed by atoms with van der Waals surface area (Å²) in [5.41, 5.74) is 2.08. The van der Waals surface area contributed by atoms with E-state index in [2.05, 4.69) is 31.3 Å². The Morgan fingerprint density at radius 1 is 1.31 bits per heavy atom. The maximum atomic E-state index is 12.0. The number of aryl methyl sites for hydroxylation is 1. The predicted molar refractivity (Wildman–Crippen MR) is 103 cm³/mol. The first-order valence-electron chi connectivity index (χ1n) is 8.56. The van der Waals surface area contributed by atoms with Crippen molar-refractivity contribution in [1.29, 1.82) is 0 Å². The van der Waals surface area contributed by atoms with Crippen molar-refractivity contribution in [3.8, 4) is 11.4 Å². The van der Waals surface area contributed by atoms with Gasteiger partial charge in [0.05, 0.1) is 13.2 Å². The fourth-order valence-electron chi connectivity index (χ4n) is 3.00. The summed E-state index contributed by atoms with van der Waals surface area (Å²) in [4.78, 5) is 27.3. The van der Waals surface area contributed by atoms with Gasteiger partial charge in [0, 0.05) is 34.4 Å². The second-order valence-corrected chi connectivity index (χ2v) is 7.33. The molecule has 4 rings (SSSR count). The molecule has 1 aliphatic rings. The first-order chi connectivity index (χ1) is 12.6. The van der Waals surface area contributed by atoms with Crippen molar-refractivity contribution in [3.05, 3.63) is 62.3 Å². The summed E-state index contributed by atoms with van der Waals surface area (Å²) >= 11 is 1.72. The van der Waals surface area contributed by atoms with E-state index in [0.717, 1.165) is 30.2 Å². The van der Waals surface area contributed by atoms with Crippen LogP contribution in [0.15, 0.2) is 40.6 Å². The minimum Gasteiger partial charge on any atom is -0.369 e. The molecule has 4 heterocycles. The minimum atomic E-state index is -0.108. The van der Waals surface area contributed by atoms with Gasteiger partial charge in [-0.25, -0.2) is 9.97 Å². The largest absolute Gasteiger partial charge is 0.369 e. The molecule has 134 valence electrons. The second-order valence-electron chi connectivity index (χ2n) is 6.35. The third-order valence-electron chi connectivity index (χ3n) is 4.67. The number of hydrogen-bond donors (Lipinski definition) is 1. The topological polar surface area (TPSA) is 71.1 Å². The van der Waals surface area contributed by atoms with E-state index in [1.54, 1.807) is 24.5 Å². The van der Waals surface area contributed by atoms with Crippen molar-refractivity contribution in [2.75, 3.05) is 24.6 Å². The lowest BCUT2D eigenvalue weighted by atomic mass is 10.2. The highest BCUT2D eigenvalue weighted by Crippen LogP contribution is 2.28. The average molecular weight is 368 g/mol. The predicted octanol–water partition coefficient (Wildman–Crippen LogP) is 3.09. The quantitative estimate of drug-likeness (QED) is 0.769. The van der Waals surface area contributed by atoms with E-state index in [1.807, 2.05) is 25.1 Å². The molecule has 0 spiro atoms. The van der Waals surface area contributed by atoms with Gasteiger partial charge in [0.15, 0.2) is 0 Å². The molecule has 1 fully saturated rings. The van der Waals surface area contributed by atoms with Gasteiger partial charge in [0.2, 0.25) is 0 Å². The SMILES string of the molecule is Cc1nc(-c2ccc(N3CCOC(c4cccs4)C3)nc2)[nH]c(=O)c1C. The number of morpholine rings is 1. The van der Waals surface area contributed by atoms with E-state index >= 15 is 0 Å². The highest BCUT2D eigenvalue weighted by molar-refractivity contribution is 7.10. The Labute approximate surface area is 155 Å². The lowest BCUT2D eigenvalue weighted by Crippen LogP contribution is -2.38. The monoisotopic (exact) mass is 368 g/mol. The fraction of sp³-hybridized carbons (Fsp3) is 0.316. The number of hydrogen-bond acceptors (Lipinski definition) is 6. The summed E-state index contributed by atoms with van der Waals surface area (Å²) < 4.78 is 5.90. The van der Waals surface area contributed by atoms with Crippen LogP contribution in [0.3, 0.4) is 0 Å². The normalized spacial score (nSPS) is 17.5. The highest BCUT2D eigenvalue weighted by atomic mass is 32.1. The van der Waals surface area contributed by atoms with Crippen LogP contribution in [0.2, 0.25) is 0 Å². The summed E-state index contributed by atoms with van der Waals surface area (Å²) in [6, 6.07) is 8.08. The molecule has 6 nitrogen and oxygen atoms in total. The van der Waals surface area contributed by atoms with Crippen LogP contribution in [0.25, 0.3) is 11.4 Å². The molecule has 1 saturated heterocycles. The van der Waals surface area contributed by atoms with Crippen LogP contribution in [-0.2, 0) is 4.74 Å². The van der Waals surface area contributed by atoms with Gasteiger partial charge in [-0.1, -0.05) is 6.07 Å². The summed E-state index contributed by atoms with van der Waals surface area (Å²) in [5.74, 6) is 1.46. The Hall–Kier alpha value is -2.51. The summed E-state index contributed by atoms with van der Waals surface area (Å²) in [6.45, 7) is 5.89. The lowest BCUT2D eigenvalue weighted by molar-refractivity contribution is 0.0418. The van der Waals surface area contributed by atoms with Crippen molar-refractivity contribution < 1.29 is 4.74 Å². The standard InChI is InChI=1S/C19H20N4O2S/c1-12-13(2)21-18(22-19(12)24)14-5-6-17(20-10-14)23-7-8-25-15(11-23)16-4-3-9-26-16/h3-6,9-10,15H,7-8,11H2,1-2H3,(H,21,22,24). The Balaban J connectivity index is 1.55. The van der Waals surface area contributed by atoms with Crippen molar-refractivity contribution in [2.24, 2.45) is 0 Å². The van der Waals surface area contributed by atoms with Gasteiger partial charge in [-0.05, 0) is 37.4 Å². The van der Waals surface area contributed by atoms with Crippen LogP contribution < -0.4 is 10.5 Å². The molecule has 1 atom stereocenters. The van der Waals surface area contributed by atoms with Gasteiger partial charge >= 0.3 is 0 Å². The number of aromatic amines is 1. The van der Waals surface area contributed by atoms with E-state index < -0.39 is 0 Å². The number of pyridine rings is 1. The second kappa shape index (κ2) is 7.01. The molecule has 0 amide bonds. The molecule has 3 aromatic heterocycles. The van der Waals surface area contributed by atoms with Gasteiger partial charge in [-0.2, -0.15) is 0 Å².